The Morgan fingerprint density at radius 2 is 2.14 bits per heavy atom. The number of carbonyl (C=O) groups excluding carboxylic acids is 1. The number of hydrogen-bond donors (Lipinski definition) is 2. The quantitative estimate of drug-likeness (QED) is 0.453. The fourth-order valence-electron chi connectivity index (χ4n) is 4.20. The van der Waals surface area contributed by atoms with Crippen molar-refractivity contribution < 1.29 is 9.18 Å². The number of hydrogen-bond acceptors (Lipinski definition) is 8. The molecule has 5 rings (SSSR count). The fourth-order valence-corrected chi connectivity index (χ4v) is 4.20. The van der Waals surface area contributed by atoms with E-state index < -0.39 is 5.82 Å². The Balaban J connectivity index is 1.55. The number of nitriles is 1. The molecule has 4 aromatic heterocycles. The summed E-state index contributed by atoms with van der Waals surface area (Å²) in [5.74, 6) is -0.222. The van der Waals surface area contributed by atoms with Crippen LogP contribution in [0.3, 0.4) is 0 Å². The number of aromatic nitrogens is 5. The topological polar surface area (TPSA) is 138 Å². The molecule has 1 saturated heterocycles. The number of nitrogens with two attached hydrogens (primary N) is 1. The van der Waals surface area contributed by atoms with Gasteiger partial charge in [0.25, 0.3) is 0 Å². The van der Waals surface area contributed by atoms with E-state index in [1.54, 1.807) is 33.9 Å². The van der Waals surface area contributed by atoms with Gasteiger partial charge in [-0.05, 0) is 37.1 Å². The number of nitrogen functional groups attached to an aromatic ring is 1. The highest BCUT2D eigenvalue weighted by atomic mass is 19.1. The third-order valence-electron chi connectivity index (χ3n) is 5.92. The van der Waals surface area contributed by atoms with Crippen molar-refractivity contribution in [1.29, 1.82) is 5.26 Å². The fraction of sp³-hybridized carbons (Fsp3) is 0.250. The van der Waals surface area contributed by atoms with Crippen molar-refractivity contribution >= 4 is 23.1 Å². The largest absolute Gasteiger partial charge is 0.384 e. The predicted octanol–water partition coefficient (Wildman–Crippen LogP) is 2.89. The molecule has 0 aromatic carbocycles. The lowest BCUT2D eigenvalue weighted by atomic mass is 10.0. The molecule has 1 aliphatic rings. The zero-order chi connectivity index (χ0) is 24.4. The molecule has 0 bridgehead atoms. The van der Waals surface area contributed by atoms with Gasteiger partial charge in [-0.1, -0.05) is 6.07 Å². The van der Waals surface area contributed by atoms with Gasteiger partial charge in [0.1, 0.15) is 17.9 Å². The Morgan fingerprint density at radius 3 is 2.94 bits per heavy atom. The van der Waals surface area contributed by atoms with Gasteiger partial charge >= 0.3 is 0 Å². The molecule has 176 valence electrons. The summed E-state index contributed by atoms with van der Waals surface area (Å²) in [6.07, 6.45) is 6.19. The van der Waals surface area contributed by atoms with Gasteiger partial charge in [-0.2, -0.15) is 10.4 Å². The first-order chi connectivity index (χ1) is 17.0. The lowest BCUT2D eigenvalue weighted by molar-refractivity contribution is -0.131. The SMILES string of the molecule is N#CCC(=O)N1CCC[C@@H](Nc2nc(-c3cnn4ccccc34)nc(-c3ccc(N)nc3)c2F)C1. The molecule has 1 aliphatic heterocycles. The second kappa shape index (κ2) is 9.34. The van der Waals surface area contributed by atoms with E-state index in [1.165, 1.54) is 6.20 Å². The zero-order valence-corrected chi connectivity index (χ0v) is 18.7. The number of carbonyl (C=O) groups is 1. The van der Waals surface area contributed by atoms with Crippen LogP contribution in [-0.4, -0.2) is 54.5 Å². The summed E-state index contributed by atoms with van der Waals surface area (Å²) in [4.78, 5) is 27.0. The van der Waals surface area contributed by atoms with E-state index >= 15 is 4.39 Å². The molecule has 0 aliphatic carbocycles. The van der Waals surface area contributed by atoms with Crippen LogP contribution in [0.25, 0.3) is 28.2 Å². The molecule has 0 spiro atoms. The van der Waals surface area contributed by atoms with Crippen molar-refractivity contribution in [3.8, 4) is 28.7 Å². The maximum Gasteiger partial charge on any atom is 0.236 e. The highest BCUT2D eigenvalue weighted by molar-refractivity contribution is 5.79. The first kappa shape index (κ1) is 22.2. The molecule has 1 atom stereocenters. The standard InChI is InChI=1S/C24H22FN9O/c25-21-22(15-6-7-19(27)28-12-15)31-23(17-13-29-34-11-2-1-5-18(17)34)32-24(21)30-16-4-3-10-33(14-16)20(35)8-9-26/h1-2,5-7,11-13,16H,3-4,8,10,14H2,(H2,27,28)(H,30,31,32)/t16-/m1/s1. The van der Waals surface area contributed by atoms with Crippen molar-refractivity contribution in [3.05, 3.63) is 54.7 Å². The van der Waals surface area contributed by atoms with E-state index in [4.69, 9.17) is 11.0 Å². The monoisotopic (exact) mass is 471 g/mol. The highest BCUT2D eigenvalue weighted by Gasteiger charge is 2.26. The maximum absolute atomic E-state index is 15.7. The number of halogens is 1. The van der Waals surface area contributed by atoms with Crippen LogP contribution in [0.1, 0.15) is 19.3 Å². The molecule has 10 nitrogen and oxygen atoms in total. The second-order valence-corrected chi connectivity index (χ2v) is 8.28. The van der Waals surface area contributed by atoms with Crippen molar-refractivity contribution in [3.63, 3.8) is 0 Å². The third kappa shape index (κ3) is 4.46. The van der Waals surface area contributed by atoms with Crippen molar-refractivity contribution in [2.75, 3.05) is 24.1 Å². The summed E-state index contributed by atoms with van der Waals surface area (Å²) in [7, 11) is 0. The van der Waals surface area contributed by atoms with Crippen LogP contribution in [0.5, 0.6) is 0 Å². The van der Waals surface area contributed by atoms with E-state index in [0.717, 1.165) is 18.4 Å². The summed E-state index contributed by atoms with van der Waals surface area (Å²) in [5.41, 5.74) is 7.66. The van der Waals surface area contributed by atoms with Gasteiger partial charge in [0, 0.05) is 37.1 Å². The number of piperidine rings is 1. The average molecular weight is 472 g/mol. The highest BCUT2D eigenvalue weighted by Crippen LogP contribution is 2.31. The number of rotatable bonds is 5. The molecule has 1 fully saturated rings. The van der Waals surface area contributed by atoms with Crippen molar-refractivity contribution in [2.24, 2.45) is 0 Å². The Morgan fingerprint density at radius 1 is 1.26 bits per heavy atom. The summed E-state index contributed by atoms with van der Waals surface area (Å²) in [6.45, 7) is 0.926. The van der Waals surface area contributed by atoms with Crippen LogP contribution in [0, 0.1) is 17.1 Å². The van der Waals surface area contributed by atoms with E-state index in [-0.39, 0.29) is 29.9 Å². The van der Waals surface area contributed by atoms with Gasteiger partial charge in [-0.15, -0.1) is 0 Å². The average Bonchev–Trinajstić information content (AvgIpc) is 3.30. The first-order valence-electron chi connectivity index (χ1n) is 11.2. The molecule has 0 radical (unpaired) electrons. The van der Waals surface area contributed by atoms with Crippen LogP contribution < -0.4 is 11.1 Å². The lowest BCUT2D eigenvalue weighted by Gasteiger charge is -2.33. The number of fused-ring (bicyclic) bond motifs is 1. The van der Waals surface area contributed by atoms with Gasteiger partial charge in [0.2, 0.25) is 5.91 Å². The molecule has 1 amide bonds. The van der Waals surface area contributed by atoms with E-state index in [0.29, 0.717) is 35.9 Å². The molecule has 35 heavy (non-hydrogen) atoms. The lowest BCUT2D eigenvalue weighted by Crippen LogP contribution is -2.45. The van der Waals surface area contributed by atoms with Crippen molar-refractivity contribution in [2.45, 2.75) is 25.3 Å². The summed E-state index contributed by atoms with van der Waals surface area (Å²) in [6, 6.07) is 10.5. The smallest absolute Gasteiger partial charge is 0.236 e. The number of nitrogens with zero attached hydrogens (tertiary/aromatic N) is 7. The van der Waals surface area contributed by atoms with Crippen LogP contribution in [0.2, 0.25) is 0 Å². The van der Waals surface area contributed by atoms with Crippen LogP contribution in [-0.2, 0) is 4.79 Å². The van der Waals surface area contributed by atoms with E-state index in [2.05, 4.69) is 25.4 Å². The molecule has 11 heteroatoms. The molecule has 0 saturated carbocycles. The minimum Gasteiger partial charge on any atom is -0.384 e. The number of likely N-dealkylation sites (tertiary alicyclic amines) is 1. The molecule has 3 N–H and O–H groups in total. The minimum absolute atomic E-state index is 0.0247. The Hall–Kier alpha value is -4.59. The molecular weight excluding hydrogens is 449 g/mol. The van der Waals surface area contributed by atoms with Crippen LogP contribution in [0.15, 0.2) is 48.9 Å². The second-order valence-electron chi connectivity index (χ2n) is 8.28. The van der Waals surface area contributed by atoms with E-state index in [1.807, 2.05) is 24.3 Å². The minimum atomic E-state index is -0.628. The van der Waals surface area contributed by atoms with Gasteiger partial charge in [-0.25, -0.2) is 23.9 Å². The first-order valence-corrected chi connectivity index (χ1v) is 11.2. The van der Waals surface area contributed by atoms with Crippen LogP contribution in [0.4, 0.5) is 16.0 Å². The van der Waals surface area contributed by atoms with Gasteiger partial charge in [-0.3, -0.25) is 4.79 Å². The van der Waals surface area contributed by atoms with E-state index in [9.17, 15) is 4.79 Å². The number of amides is 1. The number of nitrogens with one attached hydrogen (secondary N) is 1. The number of anilines is 2. The van der Waals surface area contributed by atoms with Gasteiger partial charge in [0.05, 0.1) is 23.3 Å². The predicted molar refractivity (Wildman–Crippen MR) is 127 cm³/mol. The number of pyridine rings is 2. The van der Waals surface area contributed by atoms with Crippen LogP contribution >= 0.6 is 0 Å². The zero-order valence-electron chi connectivity index (χ0n) is 18.7. The Labute approximate surface area is 200 Å². The normalized spacial score (nSPS) is 15.7. The summed E-state index contributed by atoms with van der Waals surface area (Å²) >= 11 is 0. The third-order valence-corrected chi connectivity index (χ3v) is 5.92. The van der Waals surface area contributed by atoms with Crippen molar-refractivity contribution in [1.82, 2.24) is 29.5 Å². The Bertz CT molecular complexity index is 1430. The molecule has 0 unspecified atom stereocenters. The molecule has 5 heterocycles. The van der Waals surface area contributed by atoms with Gasteiger partial charge < -0.3 is 16.0 Å². The summed E-state index contributed by atoms with van der Waals surface area (Å²) < 4.78 is 17.4. The maximum atomic E-state index is 15.7. The van der Waals surface area contributed by atoms with Gasteiger partial charge in [0.15, 0.2) is 17.5 Å². The Kier molecular flexibility index (Phi) is 5.93. The molecule has 4 aromatic rings. The molecular formula is C24H22FN9O. The summed E-state index contributed by atoms with van der Waals surface area (Å²) in [5, 5.41) is 16.4.